The van der Waals surface area contributed by atoms with E-state index in [0.29, 0.717) is 41.7 Å². The van der Waals surface area contributed by atoms with Crippen molar-refractivity contribution in [1.29, 1.82) is 0 Å². The normalized spacial score (nSPS) is 11.5. The second kappa shape index (κ2) is 10.4. The lowest BCUT2D eigenvalue weighted by Crippen LogP contribution is -2.08. The molecule has 0 bridgehead atoms. The van der Waals surface area contributed by atoms with Gasteiger partial charge in [-0.05, 0) is 78.8 Å². The molecule has 0 saturated carbocycles. The number of unbranched alkanes of at least 4 members (excludes halogenated alkanes) is 1. The van der Waals surface area contributed by atoms with Crippen molar-refractivity contribution in [2.45, 2.75) is 33.1 Å². The van der Waals surface area contributed by atoms with Crippen molar-refractivity contribution in [2.75, 3.05) is 21.3 Å². The summed E-state index contributed by atoms with van der Waals surface area (Å²) in [7, 11) is 5.86. The molecule has 0 spiro atoms. The fraction of sp³-hybridized carbons (Fsp3) is 0.346. The minimum Gasteiger partial charge on any atom is -0.496 e. The van der Waals surface area contributed by atoms with Crippen molar-refractivity contribution in [2.24, 2.45) is 7.05 Å². The van der Waals surface area contributed by atoms with Gasteiger partial charge in [0.05, 0.1) is 26.8 Å². The SMILES string of the molecule is COC(=O)CCC/C=C(\c1cc(C)c(OC)c(C(=O)OC)c1)c1cc(C)c2oc(=O)n(C)c2c1. The third-order valence-electron chi connectivity index (χ3n) is 5.75. The van der Waals surface area contributed by atoms with Gasteiger partial charge in [0.2, 0.25) is 0 Å². The van der Waals surface area contributed by atoms with Gasteiger partial charge in [0.1, 0.15) is 11.3 Å². The van der Waals surface area contributed by atoms with Gasteiger partial charge in [-0.25, -0.2) is 9.59 Å². The first-order valence-electron chi connectivity index (χ1n) is 10.9. The number of methoxy groups -OCH3 is 3. The van der Waals surface area contributed by atoms with Crippen LogP contribution in [0.5, 0.6) is 5.75 Å². The lowest BCUT2D eigenvalue weighted by Gasteiger charge is -2.16. The molecule has 0 saturated heterocycles. The van der Waals surface area contributed by atoms with E-state index in [4.69, 9.17) is 18.6 Å². The largest absolute Gasteiger partial charge is 0.496 e. The number of oxazole rings is 1. The van der Waals surface area contributed by atoms with Gasteiger partial charge in [-0.2, -0.15) is 0 Å². The van der Waals surface area contributed by atoms with E-state index in [-0.39, 0.29) is 5.97 Å². The number of esters is 2. The molecule has 0 aliphatic carbocycles. The van der Waals surface area contributed by atoms with E-state index < -0.39 is 11.7 Å². The van der Waals surface area contributed by atoms with E-state index in [1.165, 1.54) is 25.9 Å². The monoisotopic (exact) mass is 467 g/mol. The number of fused-ring (bicyclic) bond motifs is 1. The zero-order chi connectivity index (χ0) is 25.0. The van der Waals surface area contributed by atoms with E-state index >= 15 is 0 Å². The fourth-order valence-electron chi connectivity index (χ4n) is 4.01. The third kappa shape index (κ3) is 4.90. The number of aryl methyl sites for hydroxylation is 3. The number of rotatable bonds is 8. The second-order valence-electron chi connectivity index (χ2n) is 8.02. The smallest absolute Gasteiger partial charge is 0.419 e. The maximum absolute atomic E-state index is 12.5. The molecule has 8 heteroatoms. The molecule has 1 aromatic heterocycles. The van der Waals surface area contributed by atoms with Gasteiger partial charge < -0.3 is 18.6 Å². The summed E-state index contributed by atoms with van der Waals surface area (Å²) in [5.41, 5.74) is 5.57. The second-order valence-corrected chi connectivity index (χ2v) is 8.02. The topological polar surface area (TPSA) is 97.0 Å². The summed E-state index contributed by atoms with van der Waals surface area (Å²) in [5, 5.41) is 0. The Morgan fingerprint density at radius 3 is 2.32 bits per heavy atom. The Hall–Kier alpha value is -3.81. The number of nitrogens with zero attached hydrogens (tertiary/aromatic N) is 1. The third-order valence-corrected chi connectivity index (χ3v) is 5.75. The van der Waals surface area contributed by atoms with Crippen LogP contribution in [0.2, 0.25) is 0 Å². The summed E-state index contributed by atoms with van der Waals surface area (Å²) in [4.78, 5) is 36.1. The zero-order valence-corrected chi connectivity index (χ0v) is 20.3. The van der Waals surface area contributed by atoms with Crippen LogP contribution in [-0.2, 0) is 21.3 Å². The summed E-state index contributed by atoms with van der Waals surface area (Å²) in [5.74, 6) is -0.763. The van der Waals surface area contributed by atoms with E-state index in [2.05, 4.69) is 0 Å². The predicted octanol–water partition coefficient (Wildman–Crippen LogP) is 4.32. The van der Waals surface area contributed by atoms with Gasteiger partial charge in [-0.15, -0.1) is 0 Å². The predicted molar refractivity (Wildman–Crippen MR) is 128 cm³/mol. The van der Waals surface area contributed by atoms with Crippen LogP contribution >= 0.6 is 0 Å². The van der Waals surface area contributed by atoms with Crippen LogP contribution in [0.25, 0.3) is 16.7 Å². The lowest BCUT2D eigenvalue weighted by atomic mass is 9.92. The van der Waals surface area contributed by atoms with E-state index in [1.54, 1.807) is 13.1 Å². The van der Waals surface area contributed by atoms with E-state index in [0.717, 1.165) is 27.8 Å². The highest BCUT2D eigenvalue weighted by Crippen LogP contribution is 2.34. The van der Waals surface area contributed by atoms with Crippen molar-refractivity contribution in [1.82, 2.24) is 4.57 Å². The van der Waals surface area contributed by atoms with Crippen molar-refractivity contribution in [3.05, 3.63) is 68.7 Å². The Morgan fingerprint density at radius 2 is 1.68 bits per heavy atom. The first-order valence-corrected chi connectivity index (χ1v) is 10.9. The van der Waals surface area contributed by atoms with E-state index in [9.17, 15) is 14.4 Å². The number of carbonyl (C=O) groups excluding carboxylic acids is 2. The van der Waals surface area contributed by atoms with Crippen LogP contribution < -0.4 is 10.5 Å². The summed E-state index contributed by atoms with van der Waals surface area (Å²) in [6.45, 7) is 3.74. The fourth-order valence-corrected chi connectivity index (χ4v) is 4.01. The molecule has 0 N–H and O–H groups in total. The zero-order valence-electron chi connectivity index (χ0n) is 20.3. The quantitative estimate of drug-likeness (QED) is 0.359. The molecule has 0 atom stereocenters. The van der Waals surface area contributed by atoms with Gasteiger partial charge in [0.15, 0.2) is 5.58 Å². The molecule has 0 radical (unpaired) electrons. The van der Waals surface area contributed by atoms with Gasteiger partial charge >= 0.3 is 17.7 Å². The van der Waals surface area contributed by atoms with Crippen molar-refractivity contribution >= 4 is 28.6 Å². The Kier molecular flexibility index (Phi) is 7.61. The molecule has 1 heterocycles. The molecule has 0 aliphatic heterocycles. The average Bonchev–Trinajstić information content (AvgIpc) is 3.11. The highest BCUT2D eigenvalue weighted by atomic mass is 16.5. The van der Waals surface area contributed by atoms with Crippen molar-refractivity contribution in [3.63, 3.8) is 0 Å². The molecule has 3 aromatic rings. The molecule has 8 nitrogen and oxygen atoms in total. The first kappa shape index (κ1) is 24.8. The van der Waals surface area contributed by atoms with Crippen molar-refractivity contribution in [3.8, 4) is 5.75 Å². The van der Waals surface area contributed by atoms with Gasteiger partial charge in [0.25, 0.3) is 0 Å². The highest BCUT2D eigenvalue weighted by Gasteiger charge is 2.20. The van der Waals surface area contributed by atoms with Crippen molar-refractivity contribution < 1.29 is 28.2 Å². The minimum atomic E-state index is -0.504. The summed E-state index contributed by atoms with van der Waals surface area (Å²) >= 11 is 0. The number of hydrogen-bond acceptors (Lipinski definition) is 7. The molecule has 3 rings (SSSR count). The van der Waals surface area contributed by atoms with Crippen LogP contribution in [0, 0.1) is 13.8 Å². The van der Waals surface area contributed by atoms with Crippen LogP contribution in [0.15, 0.2) is 39.6 Å². The maximum atomic E-state index is 12.5. The molecular weight excluding hydrogens is 438 g/mol. The van der Waals surface area contributed by atoms with Gasteiger partial charge in [-0.1, -0.05) is 6.08 Å². The van der Waals surface area contributed by atoms with Crippen LogP contribution in [0.4, 0.5) is 0 Å². The molecule has 180 valence electrons. The number of ether oxygens (including phenoxy) is 3. The molecule has 2 aromatic carbocycles. The van der Waals surface area contributed by atoms with Gasteiger partial charge in [-0.3, -0.25) is 9.36 Å². The Labute approximate surface area is 197 Å². The number of hydrogen-bond donors (Lipinski definition) is 0. The van der Waals surface area contributed by atoms with Crippen LogP contribution in [0.3, 0.4) is 0 Å². The lowest BCUT2D eigenvalue weighted by molar-refractivity contribution is -0.140. The Morgan fingerprint density at radius 1 is 1.00 bits per heavy atom. The standard InChI is InChI=1S/C26H29NO7/c1-15-11-17(13-20(23(15)32-5)25(29)33-6)19(9-7-8-10-22(28)31-4)18-12-16(2)24-21(14-18)27(3)26(30)34-24/h9,11-14H,7-8,10H2,1-6H3/b19-9+. The average molecular weight is 468 g/mol. The van der Waals surface area contributed by atoms with E-state index in [1.807, 2.05) is 38.1 Å². The Bertz CT molecular complexity index is 1330. The maximum Gasteiger partial charge on any atom is 0.419 e. The molecule has 0 fully saturated rings. The highest BCUT2D eigenvalue weighted by molar-refractivity contribution is 5.96. The minimum absolute atomic E-state index is 0.270. The Balaban J connectivity index is 2.19. The molecule has 0 amide bonds. The first-order chi connectivity index (χ1) is 16.2. The number of benzene rings is 2. The number of allylic oxidation sites excluding steroid dienone is 1. The molecule has 0 aliphatic rings. The van der Waals surface area contributed by atoms with Crippen LogP contribution in [0.1, 0.15) is 51.9 Å². The summed E-state index contributed by atoms with van der Waals surface area (Å²) < 4.78 is 22.0. The summed E-state index contributed by atoms with van der Waals surface area (Å²) in [6.07, 6.45) is 3.51. The van der Waals surface area contributed by atoms with Crippen LogP contribution in [-0.4, -0.2) is 37.8 Å². The number of aromatic nitrogens is 1. The summed E-state index contributed by atoms with van der Waals surface area (Å²) in [6, 6.07) is 7.49. The molecule has 34 heavy (non-hydrogen) atoms. The molecular formula is C26H29NO7. The number of carbonyl (C=O) groups is 2. The molecule has 0 unspecified atom stereocenters. The van der Waals surface area contributed by atoms with Gasteiger partial charge in [0, 0.05) is 13.5 Å².